The van der Waals surface area contributed by atoms with Crippen molar-refractivity contribution in [2.75, 3.05) is 11.1 Å². The normalized spacial score (nSPS) is 10.8. The predicted octanol–water partition coefficient (Wildman–Crippen LogP) is 4.20. The lowest BCUT2D eigenvalue weighted by molar-refractivity contribution is -0.113. The van der Waals surface area contributed by atoms with E-state index in [4.69, 9.17) is 4.42 Å². The second-order valence-electron chi connectivity index (χ2n) is 5.32. The van der Waals surface area contributed by atoms with Crippen molar-refractivity contribution in [3.05, 3.63) is 45.7 Å². The van der Waals surface area contributed by atoms with Crippen molar-refractivity contribution < 1.29 is 9.21 Å². The molecule has 3 aromatic rings. The van der Waals surface area contributed by atoms with Crippen LogP contribution in [0.3, 0.4) is 0 Å². The van der Waals surface area contributed by atoms with Gasteiger partial charge in [0.1, 0.15) is 0 Å². The molecule has 130 valence electrons. The van der Waals surface area contributed by atoms with Gasteiger partial charge in [-0.3, -0.25) is 9.36 Å². The fourth-order valence-electron chi connectivity index (χ4n) is 2.35. The van der Waals surface area contributed by atoms with E-state index in [0.717, 1.165) is 14.8 Å². The van der Waals surface area contributed by atoms with Crippen LogP contribution in [0.2, 0.25) is 0 Å². The van der Waals surface area contributed by atoms with Crippen molar-refractivity contribution in [1.82, 2.24) is 14.8 Å². The molecule has 0 aliphatic heterocycles. The second-order valence-corrected chi connectivity index (χ2v) is 7.51. The number of carbonyl (C=O) groups is 1. The lowest BCUT2D eigenvalue weighted by Crippen LogP contribution is -2.15. The number of carbonyl (C=O) groups excluding carboxylic acids is 1. The third-order valence-corrected chi connectivity index (χ3v) is 5.21. The Morgan fingerprint density at radius 2 is 2.20 bits per heavy atom. The Bertz CT molecular complexity index is 877. The number of nitrogens with one attached hydrogen (secondary N) is 1. The van der Waals surface area contributed by atoms with Gasteiger partial charge in [-0.05, 0) is 72.3 Å². The zero-order chi connectivity index (χ0) is 17.8. The number of hydrogen-bond acceptors (Lipinski definition) is 5. The zero-order valence-electron chi connectivity index (χ0n) is 13.8. The van der Waals surface area contributed by atoms with Crippen molar-refractivity contribution in [3.63, 3.8) is 0 Å². The van der Waals surface area contributed by atoms with Gasteiger partial charge in [0.05, 0.1) is 12.0 Å². The SMILES string of the molecule is CCn1c(SCC(=O)Nc2ccc(I)cc2C)nnc1-c1ccco1. The van der Waals surface area contributed by atoms with Gasteiger partial charge < -0.3 is 9.73 Å². The number of hydrogen-bond donors (Lipinski definition) is 1. The van der Waals surface area contributed by atoms with Crippen molar-refractivity contribution in [1.29, 1.82) is 0 Å². The van der Waals surface area contributed by atoms with Crippen LogP contribution in [0.5, 0.6) is 0 Å². The van der Waals surface area contributed by atoms with Crippen molar-refractivity contribution >= 4 is 45.9 Å². The summed E-state index contributed by atoms with van der Waals surface area (Å²) in [6, 6.07) is 9.58. The van der Waals surface area contributed by atoms with Gasteiger partial charge in [0.15, 0.2) is 16.7 Å². The molecule has 25 heavy (non-hydrogen) atoms. The third kappa shape index (κ3) is 4.24. The Balaban J connectivity index is 1.66. The highest BCUT2D eigenvalue weighted by atomic mass is 127. The average Bonchev–Trinajstić information content (AvgIpc) is 3.24. The second kappa shape index (κ2) is 8.05. The van der Waals surface area contributed by atoms with Gasteiger partial charge in [0.25, 0.3) is 0 Å². The maximum atomic E-state index is 12.2. The number of benzene rings is 1. The van der Waals surface area contributed by atoms with Crippen LogP contribution in [0.1, 0.15) is 12.5 Å². The molecular weight excluding hydrogens is 451 g/mol. The number of aromatic nitrogens is 3. The molecule has 0 saturated heterocycles. The monoisotopic (exact) mass is 468 g/mol. The molecule has 0 aliphatic carbocycles. The van der Waals surface area contributed by atoms with Crippen LogP contribution < -0.4 is 5.32 Å². The largest absolute Gasteiger partial charge is 0.461 e. The summed E-state index contributed by atoms with van der Waals surface area (Å²) >= 11 is 3.61. The maximum absolute atomic E-state index is 12.2. The molecule has 8 heteroatoms. The number of aryl methyl sites for hydroxylation is 1. The van der Waals surface area contributed by atoms with E-state index in [9.17, 15) is 4.79 Å². The summed E-state index contributed by atoms with van der Waals surface area (Å²) in [6.45, 7) is 4.69. The molecule has 1 amide bonds. The minimum atomic E-state index is -0.0699. The molecule has 2 heterocycles. The summed E-state index contributed by atoms with van der Waals surface area (Å²) in [6.07, 6.45) is 1.60. The van der Waals surface area contributed by atoms with Crippen LogP contribution in [0.4, 0.5) is 5.69 Å². The topological polar surface area (TPSA) is 73.0 Å². The lowest BCUT2D eigenvalue weighted by atomic mass is 10.2. The van der Waals surface area contributed by atoms with Gasteiger partial charge in [0.2, 0.25) is 5.91 Å². The Hall–Kier alpha value is -1.81. The summed E-state index contributed by atoms with van der Waals surface area (Å²) in [7, 11) is 0. The van der Waals surface area contributed by atoms with E-state index >= 15 is 0 Å². The Labute approximate surface area is 163 Å². The first kappa shape index (κ1) is 18.0. The summed E-state index contributed by atoms with van der Waals surface area (Å²) in [4.78, 5) is 12.2. The standard InChI is InChI=1S/C17H17IN4O2S/c1-3-22-16(14-5-4-8-24-14)20-21-17(22)25-10-15(23)19-13-7-6-12(18)9-11(13)2/h4-9H,3,10H2,1-2H3,(H,19,23). The molecule has 0 radical (unpaired) electrons. The quantitative estimate of drug-likeness (QED) is 0.434. The summed E-state index contributed by atoms with van der Waals surface area (Å²) in [5.41, 5.74) is 1.88. The number of anilines is 1. The van der Waals surface area contributed by atoms with Gasteiger partial charge in [-0.2, -0.15) is 0 Å². The van der Waals surface area contributed by atoms with Crippen molar-refractivity contribution in [3.8, 4) is 11.6 Å². The summed E-state index contributed by atoms with van der Waals surface area (Å²) in [5, 5.41) is 12.0. The van der Waals surface area contributed by atoms with Crippen LogP contribution in [-0.2, 0) is 11.3 Å². The first-order valence-electron chi connectivity index (χ1n) is 7.74. The molecular formula is C17H17IN4O2S. The van der Waals surface area contributed by atoms with E-state index in [-0.39, 0.29) is 11.7 Å². The highest BCUT2D eigenvalue weighted by molar-refractivity contribution is 14.1. The zero-order valence-corrected chi connectivity index (χ0v) is 16.8. The number of furan rings is 1. The molecule has 3 rings (SSSR count). The van der Waals surface area contributed by atoms with E-state index < -0.39 is 0 Å². The summed E-state index contributed by atoms with van der Waals surface area (Å²) < 4.78 is 8.47. The molecule has 0 fully saturated rings. The van der Waals surface area contributed by atoms with Gasteiger partial charge in [-0.25, -0.2) is 0 Å². The van der Waals surface area contributed by atoms with E-state index in [0.29, 0.717) is 23.3 Å². The number of rotatable bonds is 6. The third-order valence-electron chi connectivity index (χ3n) is 3.57. The number of halogens is 1. The smallest absolute Gasteiger partial charge is 0.234 e. The van der Waals surface area contributed by atoms with Gasteiger partial charge in [-0.1, -0.05) is 11.8 Å². The van der Waals surface area contributed by atoms with Crippen LogP contribution in [0, 0.1) is 10.5 Å². The lowest BCUT2D eigenvalue weighted by Gasteiger charge is -2.09. The van der Waals surface area contributed by atoms with E-state index in [1.807, 2.05) is 48.7 Å². The molecule has 0 aliphatic rings. The maximum Gasteiger partial charge on any atom is 0.234 e. The van der Waals surface area contributed by atoms with E-state index in [2.05, 4.69) is 38.1 Å². The minimum Gasteiger partial charge on any atom is -0.461 e. The van der Waals surface area contributed by atoms with Crippen LogP contribution in [-0.4, -0.2) is 26.4 Å². The number of thioether (sulfide) groups is 1. The van der Waals surface area contributed by atoms with Crippen molar-refractivity contribution in [2.45, 2.75) is 25.5 Å². The first-order chi connectivity index (χ1) is 12.1. The average molecular weight is 468 g/mol. The summed E-state index contributed by atoms with van der Waals surface area (Å²) in [5.74, 6) is 1.53. The van der Waals surface area contributed by atoms with E-state index in [1.54, 1.807) is 6.26 Å². The van der Waals surface area contributed by atoms with Crippen LogP contribution >= 0.6 is 34.4 Å². The Morgan fingerprint density at radius 1 is 1.36 bits per heavy atom. The van der Waals surface area contributed by atoms with Gasteiger partial charge in [-0.15, -0.1) is 10.2 Å². The predicted molar refractivity (Wildman–Crippen MR) is 107 cm³/mol. The molecule has 0 unspecified atom stereocenters. The van der Waals surface area contributed by atoms with E-state index in [1.165, 1.54) is 11.8 Å². The molecule has 0 saturated carbocycles. The number of amides is 1. The highest BCUT2D eigenvalue weighted by Gasteiger charge is 2.16. The molecule has 0 spiro atoms. The van der Waals surface area contributed by atoms with Crippen LogP contribution in [0.15, 0.2) is 46.2 Å². The molecule has 0 bridgehead atoms. The van der Waals surface area contributed by atoms with Gasteiger partial charge in [0, 0.05) is 15.8 Å². The molecule has 1 N–H and O–H groups in total. The van der Waals surface area contributed by atoms with Crippen molar-refractivity contribution in [2.24, 2.45) is 0 Å². The minimum absolute atomic E-state index is 0.0699. The number of nitrogens with zero attached hydrogens (tertiary/aromatic N) is 3. The first-order valence-corrected chi connectivity index (χ1v) is 9.80. The fourth-order valence-corrected chi connectivity index (χ4v) is 3.80. The fraction of sp³-hybridized carbons (Fsp3) is 0.235. The molecule has 6 nitrogen and oxygen atoms in total. The highest BCUT2D eigenvalue weighted by Crippen LogP contribution is 2.24. The van der Waals surface area contributed by atoms with Gasteiger partial charge >= 0.3 is 0 Å². The molecule has 2 aromatic heterocycles. The molecule has 1 aromatic carbocycles. The molecule has 0 atom stereocenters. The Morgan fingerprint density at radius 3 is 2.88 bits per heavy atom. The Kier molecular flexibility index (Phi) is 5.79. The van der Waals surface area contributed by atoms with Crippen LogP contribution in [0.25, 0.3) is 11.6 Å².